The van der Waals surface area contributed by atoms with Crippen LogP contribution < -0.4 is 0 Å². The maximum atomic E-state index is 13.3. The molecule has 5 heteroatoms. The second-order valence-corrected chi connectivity index (χ2v) is 9.19. The van der Waals surface area contributed by atoms with Crippen molar-refractivity contribution in [2.45, 2.75) is 96.3 Å². The molecular formula is C24H41NO4. The van der Waals surface area contributed by atoms with Crippen molar-refractivity contribution in [1.29, 1.82) is 0 Å². The molecule has 0 aromatic rings. The van der Waals surface area contributed by atoms with Crippen molar-refractivity contribution in [1.82, 2.24) is 4.90 Å². The second-order valence-electron chi connectivity index (χ2n) is 9.19. The van der Waals surface area contributed by atoms with Gasteiger partial charge in [-0.2, -0.15) is 0 Å². The Morgan fingerprint density at radius 3 is 2.41 bits per heavy atom. The van der Waals surface area contributed by atoms with Crippen LogP contribution in [0.3, 0.4) is 0 Å². The van der Waals surface area contributed by atoms with Crippen LogP contribution in [0.2, 0.25) is 0 Å². The molecule has 1 aliphatic heterocycles. The minimum absolute atomic E-state index is 0.0167. The first-order valence-corrected chi connectivity index (χ1v) is 12.0. The quantitative estimate of drug-likeness (QED) is 0.637. The summed E-state index contributed by atoms with van der Waals surface area (Å²) >= 11 is 0. The standard InChI is InChI=1S/C24H41NO4/c1-3-28-24-20(15-10-16-26)21(18-11-6-4-7-12-18)17-22(29-24)23(27)25(2)19-13-8-5-9-14-19/h17-21,24,26H,3-16H2,1-2H3/t20-,21+,24+/m1/s1. The zero-order valence-corrected chi connectivity index (χ0v) is 18.5. The van der Waals surface area contributed by atoms with Crippen LogP contribution >= 0.6 is 0 Å². The van der Waals surface area contributed by atoms with Gasteiger partial charge in [0, 0.05) is 32.2 Å². The molecule has 0 aromatic carbocycles. The van der Waals surface area contributed by atoms with Crippen molar-refractivity contribution in [2.24, 2.45) is 17.8 Å². The van der Waals surface area contributed by atoms with E-state index in [1.807, 2.05) is 18.9 Å². The number of carbonyl (C=O) groups is 1. The summed E-state index contributed by atoms with van der Waals surface area (Å²) in [5.74, 6) is 1.60. The average Bonchev–Trinajstić information content (AvgIpc) is 2.78. The third kappa shape index (κ3) is 5.75. The number of ether oxygens (including phenoxy) is 2. The molecule has 0 unspecified atom stereocenters. The van der Waals surface area contributed by atoms with Gasteiger partial charge < -0.3 is 19.5 Å². The third-order valence-electron chi connectivity index (χ3n) is 7.31. The lowest BCUT2D eigenvalue weighted by Crippen LogP contribution is -2.45. The van der Waals surface area contributed by atoms with E-state index in [9.17, 15) is 9.90 Å². The Labute approximate surface area is 176 Å². The summed E-state index contributed by atoms with van der Waals surface area (Å²) in [5, 5.41) is 9.41. The molecule has 0 aromatic heterocycles. The molecule has 0 saturated heterocycles. The number of aliphatic hydroxyl groups excluding tert-OH is 1. The van der Waals surface area contributed by atoms with E-state index in [-0.39, 0.29) is 24.7 Å². The summed E-state index contributed by atoms with van der Waals surface area (Å²) in [6, 6.07) is 0.325. The first kappa shape index (κ1) is 22.6. The molecule has 3 aliphatic rings. The Hall–Kier alpha value is -1.07. The van der Waals surface area contributed by atoms with Crippen molar-refractivity contribution in [3.8, 4) is 0 Å². The van der Waals surface area contributed by atoms with Crippen LogP contribution in [0, 0.1) is 17.8 Å². The fourth-order valence-electron chi connectivity index (χ4n) is 5.64. The van der Waals surface area contributed by atoms with Crippen LogP contribution in [0.5, 0.6) is 0 Å². The molecule has 0 spiro atoms. The molecule has 1 amide bonds. The number of nitrogens with zero attached hydrogens (tertiary/aromatic N) is 1. The predicted octanol–water partition coefficient (Wildman–Crippen LogP) is 4.64. The smallest absolute Gasteiger partial charge is 0.288 e. The molecule has 2 fully saturated rings. The second kappa shape index (κ2) is 11.4. The van der Waals surface area contributed by atoms with Crippen molar-refractivity contribution >= 4 is 5.91 Å². The monoisotopic (exact) mass is 407 g/mol. The number of carbonyl (C=O) groups excluding carboxylic acids is 1. The molecule has 29 heavy (non-hydrogen) atoms. The van der Waals surface area contributed by atoms with Gasteiger partial charge in [0.25, 0.3) is 5.91 Å². The van der Waals surface area contributed by atoms with E-state index in [1.165, 1.54) is 51.4 Å². The van der Waals surface area contributed by atoms with E-state index < -0.39 is 0 Å². The summed E-state index contributed by atoms with van der Waals surface area (Å²) in [5.41, 5.74) is 0. The fraction of sp³-hybridized carbons (Fsp3) is 0.875. The van der Waals surface area contributed by atoms with E-state index in [1.54, 1.807) is 0 Å². The molecule has 2 aliphatic carbocycles. The highest BCUT2D eigenvalue weighted by Crippen LogP contribution is 2.42. The van der Waals surface area contributed by atoms with Crippen molar-refractivity contribution in [3.63, 3.8) is 0 Å². The first-order valence-electron chi connectivity index (χ1n) is 12.0. The maximum absolute atomic E-state index is 13.3. The van der Waals surface area contributed by atoms with Gasteiger partial charge in [0.15, 0.2) is 5.76 Å². The minimum Gasteiger partial charge on any atom is -0.459 e. The van der Waals surface area contributed by atoms with Crippen LogP contribution in [0.4, 0.5) is 0 Å². The van der Waals surface area contributed by atoms with Crippen LogP contribution in [0.1, 0.15) is 84.0 Å². The molecular weight excluding hydrogens is 366 g/mol. The number of aliphatic hydroxyl groups is 1. The molecule has 5 nitrogen and oxygen atoms in total. The van der Waals surface area contributed by atoms with Crippen LogP contribution in [-0.4, -0.2) is 48.5 Å². The fourth-order valence-corrected chi connectivity index (χ4v) is 5.64. The van der Waals surface area contributed by atoms with Gasteiger partial charge in [-0.15, -0.1) is 0 Å². The largest absolute Gasteiger partial charge is 0.459 e. The third-order valence-corrected chi connectivity index (χ3v) is 7.31. The highest BCUT2D eigenvalue weighted by Gasteiger charge is 2.41. The van der Waals surface area contributed by atoms with Gasteiger partial charge in [-0.05, 0) is 63.4 Å². The number of likely N-dealkylation sites (N-methyl/N-ethyl adjacent to an activating group) is 1. The van der Waals surface area contributed by atoms with Gasteiger partial charge in [-0.25, -0.2) is 0 Å². The topological polar surface area (TPSA) is 59.0 Å². The summed E-state index contributed by atoms with van der Waals surface area (Å²) in [4.78, 5) is 15.2. The van der Waals surface area contributed by atoms with Crippen LogP contribution in [0.25, 0.3) is 0 Å². The molecule has 1 heterocycles. The summed E-state index contributed by atoms with van der Waals surface area (Å²) in [7, 11) is 1.94. The Kier molecular flexibility index (Phi) is 8.85. The predicted molar refractivity (Wildman–Crippen MR) is 114 cm³/mol. The van der Waals surface area contributed by atoms with Crippen molar-refractivity contribution < 1.29 is 19.4 Å². The van der Waals surface area contributed by atoms with E-state index in [0.29, 0.717) is 30.2 Å². The Balaban J connectivity index is 1.82. The van der Waals surface area contributed by atoms with Gasteiger partial charge in [-0.1, -0.05) is 38.5 Å². The average molecular weight is 408 g/mol. The molecule has 0 bridgehead atoms. The maximum Gasteiger partial charge on any atom is 0.288 e. The van der Waals surface area contributed by atoms with Gasteiger partial charge in [-0.3, -0.25) is 4.79 Å². The molecule has 1 N–H and O–H groups in total. The molecule has 3 atom stereocenters. The molecule has 3 rings (SSSR count). The zero-order chi connectivity index (χ0) is 20.6. The van der Waals surface area contributed by atoms with Crippen molar-refractivity contribution in [3.05, 3.63) is 11.8 Å². The van der Waals surface area contributed by atoms with Gasteiger partial charge >= 0.3 is 0 Å². The van der Waals surface area contributed by atoms with Gasteiger partial charge in [0.05, 0.1) is 0 Å². The van der Waals surface area contributed by atoms with Crippen LogP contribution in [0.15, 0.2) is 11.8 Å². The number of rotatable bonds is 8. The van der Waals surface area contributed by atoms with Gasteiger partial charge in [0.1, 0.15) is 0 Å². The number of amides is 1. The Bertz CT molecular complexity index is 537. The van der Waals surface area contributed by atoms with Crippen molar-refractivity contribution in [2.75, 3.05) is 20.3 Å². The SMILES string of the molecule is CCO[C@H]1OC(C(=O)N(C)C2CCCCC2)=C[C@@H](C2CCCCC2)[C@H]1CCCO. The lowest BCUT2D eigenvalue weighted by atomic mass is 9.71. The first-order chi connectivity index (χ1) is 14.2. The highest BCUT2D eigenvalue weighted by atomic mass is 16.7. The molecule has 166 valence electrons. The molecule has 0 radical (unpaired) electrons. The highest BCUT2D eigenvalue weighted by molar-refractivity contribution is 5.91. The summed E-state index contributed by atoms with van der Waals surface area (Å²) in [6.45, 7) is 2.74. The molecule has 2 saturated carbocycles. The van der Waals surface area contributed by atoms with E-state index in [0.717, 1.165) is 25.7 Å². The lowest BCUT2D eigenvalue weighted by molar-refractivity contribution is -0.180. The van der Waals surface area contributed by atoms with Crippen LogP contribution in [-0.2, 0) is 14.3 Å². The summed E-state index contributed by atoms with van der Waals surface area (Å²) < 4.78 is 12.2. The zero-order valence-electron chi connectivity index (χ0n) is 18.5. The summed E-state index contributed by atoms with van der Waals surface area (Å²) in [6.07, 6.45) is 15.5. The van der Waals surface area contributed by atoms with E-state index in [2.05, 4.69) is 6.08 Å². The number of allylic oxidation sites excluding steroid dienone is 1. The number of hydrogen-bond donors (Lipinski definition) is 1. The Morgan fingerprint density at radius 1 is 1.14 bits per heavy atom. The normalized spacial score (nSPS) is 29.2. The lowest BCUT2D eigenvalue weighted by Gasteiger charge is -2.42. The van der Waals surface area contributed by atoms with E-state index >= 15 is 0 Å². The van der Waals surface area contributed by atoms with Gasteiger partial charge in [0.2, 0.25) is 6.29 Å². The van der Waals surface area contributed by atoms with E-state index in [4.69, 9.17) is 9.47 Å². The number of hydrogen-bond acceptors (Lipinski definition) is 4. The Morgan fingerprint density at radius 2 is 1.79 bits per heavy atom. The minimum atomic E-state index is -0.387.